The van der Waals surface area contributed by atoms with Gasteiger partial charge in [0.25, 0.3) is 0 Å². The van der Waals surface area contributed by atoms with E-state index >= 15 is 0 Å². The zero-order valence-corrected chi connectivity index (χ0v) is 15.9. The van der Waals surface area contributed by atoms with E-state index in [1.807, 2.05) is 18.7 Å². The standard InChI is InChI=1S/C19H28FN5O2/c1-13(2)22-17(26)12-24-7-9-25(10-8-24)19(27)16-11-21-23-18(16)14-3-5-15(20)6-4-14/h3-6,13,16,18,21,23H,7-12H2,1-2H3,(H,22,26). The Morgan fingerprint density at radius 3 is 2.48 bits per heavy atom. The quantitative estimate of drug-likeness (QED) is 0.686. The summed E-state index contributed by atoms with van der Waals surface area (Å²) in [7, 11) is 0. The molecule has 2 aliphatic heterocycles. The molecule has 3 rings (SSSR count). The number of hydrogen-bond donors (Lipinski definition) is 3. The number of nitrogens with one attached hydrogen (secondary N) is 3. The Morgan fingerprint density at radius 2 is 1.85 bits per heavy atom. The summed E-state index contributed by atoms with van der Waals surface area (Å²) in [6.45, 7) is 7.38. The molecule has 0 radical (unpaired) electrons. The SMILES string of the molecule is CC(C)NC(=O)CN1CCN(C(=O)C2CNNC2c2ccc(F)cc2)CC1. The highest BCUT2D eigenvalue weighted by atomic mass is 19.1. The summed E-state index contributed by atoms with van der Waals surface area (Å²) < 4.78 is 13.2. The highest BCUT2D eigenvalue weighted by molar-refractivity contribution is 5.81. The molecule has 2 heterocycles. The van der Waals surface area contributed by atoms with Gasteiger partial charge >= 0.3 is 0 Å². The molecule has 0 saturated carbocycles. The molecule has 2 aliphatic rings. The lowest BCUT2D eigenvalue weighted by Crippen LogP contribution is -2.53. The molecule has 8 heteroatoms. The lowest BCUT2D eigenvalue weighted by Gasteiger charge is -2.36. The number of carbonyl (C=O) groups is 2. The number of benzene rings is 1. The van der Waals surface area contributed by atoms with E-state index in [1.54, 1.807) is 12.1 Å². The number of amides is 2. The van der Waals surface area contributed by atoms with Gasteiger partial charge < -0.3 is 10.2 Å². The van der Waals surface area contributed by atoms with Crippen LogP contribution in [0.5, 0.6) is 0 Å². The van der Waals surface area contributed by atoms with Gasteiger partial charge in [0.2, 0.25) is 11.8 Å². The van der Waals surface area contributed by atoms with Gasteiger partial charge in [-0.3, -0.25) is 19.9 Å². The van der Waals surface area contributed by atoms with E-state index in [-0.39, 0.29) is 35.6 Å². The number of hydrazine groups is 1. The van der Waals surface area contributed by atoms with Crippen LogP contribution >= 0.6 is 0 Å². The molecule has 7 nitrogen and oxygen atoms in total. The Hall–Kier alpha value is -2.03. The number of halogens is 1. The highest BCUT2D eigenvalue weighted by Crippen LogP contribution is 2.27. The van der Waals surface area contributed by atoms with Crippen molar-refractivity contribution in [1.29, 1.82) is 0 Å². The second-order valence-electron chi connectivity index (χ2n) is 7.48. The van der Waals surface area contributed by atoms with Crippen LogP contribution in [-0.2, 0) is 9.59 Å². The van der Waals surface area contributed by atoms with E-state index in [1.165, 1.54) is 12.1 Å². The summed E-state index contributed by atoms with van der Waals surface area (Å²) in [5.41, 5.74) is 7.08. The second-order valence-corrected chi connectivity index (χ2v) is 7.48. The molecule has 2 unspecified atom stereocenters. The Kier molecular flexibility index (Phi) is 6.41. The van der Waals surface area contributed by atoms with Crippen LogP contribution < -0.4 is 16.2 Å². The maximum absolute atomic E-state index is 13.2. The van der Waals surface area contributed by atoms with Crippen LogP contribution in [0.25, 0.3) is 0 Å². The molecule has 0 spiro atoms. The third kappa shape index (κ3) is 5.03. The number of hydrogen-bond acceptors (Lipinski definition) is 5. The molecule has 2 atom stereocenters. The molecule has 2 saturated heterocycles. The summed E-state index contributed by atoms with van der Waals surface area (Å²) in [6, 6.07) is 6.21. The summed E-state index contributed by atoms with van der Waals surface area (Å²) in [5.74, 6) is -0.407. The second kappa shape index (κ2) is 8.77. The van der Waals surface area contributed by atoms with Crippen LogP contribution in [-0.4, -0.2) is 66.9 Å². The predicted molar refractivity (Wildman–Crippen MR) is 100 cm³/mol. The third-order valence-electron chi connectivity index (χ3n) is 5.03. The van der Waals surface area contributed by atoms with Crippen molar-refractivity contribution < 1.29 is 14.0 Å². The van der Waals surface area contributed by atoms with Crippen molar-refractivity contribution in [1.82, 2.24) is 26.0 Å². The van der Waals surface area contributed by atoms with Gasteiger partial charge in [0.05, 0.1) is 18.5 Å². The molecule has 0 aliphatic carbocycles. The molecular formula is C19H28FN5O2. The van der Waals surface area contributed by atoms with Crippen LogP contribution in [0.1, 0.15) is 25.5 Å². The first-order valence-corrected chi connectivity index (χ1v) is 9.48. The first kappa shape index (κ1) is 19.7. The van der Waals surface area contributed by atoms with Crippen molar-refractivity contribution in [2.24, 2.45) is 5.92 Å². The number of carbonyl (C=O) groups excluding carboxylic acids is 2. The summed E-state index contributed by atoms with van der Waals surface area (Å²) in [6.07, 6.45) is 0. The van der Waals surface area contributed by atoms with E-state index in [2.05, 4.69) is 21.1 Å². The van der Waals surface area contributed by atoms with Crippen molar-refractivity contribution in [3.63, 3.8) is 0 Å². The van der Waals surface area contributed by atoms with Crippen molar-refractivity contribution in [3.8, 4) is 0 Å². The zero-order valence-electron chi connectivity index (χ0n) is 15.9. The molecule has 0 aromatic heterocycles. The molecule has 148 valence electrons. The van der Waals surface area contributed by atoms with E-state index in [0.717, 1.165) is 5.56 Å². The molecule has 0 bridgehead atoms. The Labute approximate surface area is 159 Å². The van der Waals surface area contributed by atoms with E-state index in [0.29, 0.717) is 39.3 Å². The van der Waals surface area contributed by atoms with E-state index in [9.17, 15) is 14.0 Å². The van der Waals surface area contributed by atoms with E-state index < -0.39 is 0 Å². The minimum Gasteiger partial charge on any atom is -0.353 e. The van der Waals surface area contributed by atoms with Gasteiger partial charge in [0.15, 0.2) is 0 Å². The average molecular weight is 377 g/mol. The first-order chi connectivity index (χ1) is 12.9. The number of piperazine rings is 1. The van der Waals surface area contributed by atoms with Gasteiger partial charge in [-0.05, 0) is 31.5 Å². The van der Waals surface area contributed by atoms with Gasteiger partial charge in [-0.25, -0.2) is 9.82 Å². The maximum atomic E-state index is 13.2. The molecule has 2 amide bonds. The highest BCUT2D eigenvalue weighted by Gasteiger charge is 2.37. The summed E-state index contributed by atoms with van der Waals surface area (Å²) in [5, 5.41) is 2.89. The number of nitrogens with zero attached hydrogens (tertiary/aromatic N) is 2. The zero-order chi connectivity index (χ0) is 19.4. The predicted octanol–water partition coefficient (Wildman–Crippen LogP) is 0.260. The normalized spacial score (nSPS) is 23.6. The van der Waals surface area contributed by atoms with Crippen LogP contribution in [0.3, 0.4) is 0 Å². The average Bonchev–Trinajstić information content (AvgIpc) is 3.11. The van der Waals surface area contributed by atoms with Gasteiger partial charge in [0.1, 0.15) is 5.82 Å². The molecule has 3 N–H and O–H groups in total. The fourth-order valence-corrected chi connectivity index (χ4v) is 3.64. The van der Waals surface area contributed by atoms with Crippen LogP contribution in [0.4, 0.5) is 4.39 Å². The van der Waals surface area contributed by atoms with Crippen molar-refractivity contribution >= 4 is 11.8 Å². The Balaban J connectivity index is 1.54. The van der Waals surface area contributed by atoms with Gasteiger partial charge in [-0.1, -0.05) is 12.1 Å². The Morgan fingerprint density at radius 1 is 1.19 bits per heavy atom. The van der Waals surface area contributed by atoms with Crippen LogP contribution in [0.2, 0.25) is 0 Å². The molecule has 27 heavy (non-hydrogen) atoms. The maximum Gasteiger partial charge on any atom is 0.234 e. The van der Waals surface area contributed by atoms with Gasteiger partial charge in [-0.2, -0.15) is 0 Å². The van der Waals surface area contributed by atoms with Crippen molar-refractivity contribution in [2.75, 3.05) is 39.3 Å². The lowest BCUT2D eigenvalue weighted by atomic mass is 9.93. The smallest absolute Gasteiger partial charge is 0.234 e. The third-order valence-corrected chi connectivity index (χ3v) is 5.03. The fraction of sp³-hybridized carbons (Fsp3) is 0.579. The van der Waals surface area contributed by atoms with Crippen LogP contribution in [0, 0.1) is 11.7 Å². The van der Waals surface area contributed by atoms with Crippen molar-refractivity contribution in [2.45, 2.75) is 25.9 Å². The fourth-order valence-electron chi connectivity index (χ4n) is 3.64. The number of rotatable bonds is 5. The van der Waals surface area contributed by atoms with Crippen LogP contribution in [0.15, 0.2) is 24.3 Å². The van der Waals surface area contributed by atoms with Crippen molar-refractivity contribution in [3.05, 3.63) is 35.6 Å². The largest absolute Gasteiger partial charge is 0.353 e. The molecule has 2 fully saturated rings. The Bertz CT molecular complexity index is 659. The van der Waals surface area contributed by atoms with E-state index in [4.69, 9.17) is 0 Å². The van der Waals surface area contributed by atoms with Gasteiger partial charge in [-0.15, -0.1) is 0 Å². The topological polar surface area (TPSA) is 76.7 Å². The molecular weight excluding hydrogens is 349 g/mol. The monoisotopic (exact) mass is 377 g/mol. The van der Waals surface area contributed by atoms with Gasteiger partial charge in [0, 0.05) is 38.8 Å². The minimum atomic E-state index is -0.287. The summed E-state index contributed by atoms with van der Waals surface area (Å²) >= 11 is 0. The molecule has 1 aromatic carbocycles. The lowest BCUT2D eigenvalue weighted by molar-refractivity contribution is -0.137. The summed E-state index contributed by atoms with van der Waals surface area (Å²) in [4.78, 5) is 28.8. The molecule has 1 aromatic rings. The minimum absolute atomic E-state index is 0.0188. The first-order valence-electron chi connectivity index (χ1n) is 9.48.